The van der Waals surface area contributed by atoms with Gasteiger partial charge in [-0.05, 0) is 48.2 Å². The maximum absolute atomic E-state index is 9.45. The molecule has 2 heterocycles. The van der Waals surface area contributed by atoms with Crippen molar-refractivity contribution >= 4 is 16.6 Å². The van der Waals surface area contributed by atoms with Crippen LogP contribution in [0, 0.1) is 16.7 Å². The van der Waals surface area contributed by atoms with Gasteiger partial charge in [-0.25, -0.2) is 0 Å². The van der Waals surface area contributed by atoms with Gasteiger partial charge in [-0.2, -0.15) is 5.26 Å². The lowest BCUT2D eigenvalue weighted by Gasteiger charge is -2.31. The van der Waals surface area contributed by atoms with Crippen molar-refractivity contribution in [2.75, 3.05) is 0 Å². The van der Waals surface area contributed by atoms with Crippen LogP contribution in [0.3, 0.4) is 0 Å². The summed E-state index contributed by atoms with van der Waals surface area (Å²) in [5.41, 5.74) is 5.25. The Balaban J connectivity index is 1.70. The van der Waals surface area contributed by atoms with Gasteiger partial charge in [-0.1, -0.05) is 49.4 Å². The SMILES string of the molecule is CC(CC(=N)Cc1ccccc1)(Cc1ccccn1)c1ccc2[nH]cc(C#N)c2c1. The summed E-state index contributed by atoms with van der Waals surface area (Å²) in [4.78, 5) is 7.70. The highest BCUT2D eigenvalue weighted by molar-refractivity contribution is 5.88. The second-order valence-corrected chi connectivity index (χ2v) is 8.08. The molecule has 4 aromatic rings. The molecular formula is C26H24N4. The van der Waals surface area contributed by atoms with Crippen molar-refractivity contribution < 1.29 is 0 Å². The minimum atomic E-state index is -0.307. The quantitative estimate of drug-likeness (QED) is 0.402. The summed E-state index contributed by atoms with van der Waals surface area (Å²) in [6, 6.07) is 24.6. The fourth-order valence-electron chi connectivity index (χ4n) is 4.13. The van der Waals surface area contributed by atoms with Crippen LogP contribution in [0.4, 0.5) is 0 Å². The third kappa shape index (κ3) is 4.16. The summed E-state index contributed by atoms with van der Waals surface area (Å²) in [6.07, 6.45) is 5.55. The Morgan fingerprint density at radius 1 is 1.10 bits per heavy atom. The van der Waals surface area contributed by atoms with E-state index >= 15 is 0 Å². The predicted molar refractivity (Wildman–Crippen MR) is 121 cm³/mol. The Kier molecular flexibility index (Phi) is 5.45. The first-order valence-electron chi connectivity index (χ1n) is 10.1. The van der Waals surface area contributed by atoms with Gasteiger partial charge in [-0.3, -0.25) is 4.98 Å². The fraction of sp³-hybridized carbons (Fsp3) is 0.192. The smallest absolute Gasteiger partial charge is 0.101 e. The van der Waals surface area contributed by atoms with Gasteiger partial charge >= 0.3 is 0 Å². The molecule has 2 N–H and O–H groups in total. The van der Waals surface area contributed by atoms with E-state index < -0.39 is 0 Å². The van der Waals surface area contributed by atoms with Crippen molar-refractivity contribution in [3.63, 3.8) is 0 Å². The number of hydrogen-bond donors (Lipinski definition) is 2. The van der Waals surface area contributed by atoms with Gasteiger partial charge in [0.2, 0.25) is 0 Å². The predicted octanol–water partition coefficient (Wildman–Crippen LogP) is 5.59. The molecule has 4 nitrogen and oxygen atoms in total. The molecule has 0 bridgehead atoms. The van der Waals surface area contributed by atoms with Gasteiger partial charge in [0, 0.05) is 46.5 Å². The summed E-state index contributed by atoms with van der Waals surface area (Å²) in [5.74, 6) is 0. The van der Waals surface area contributed by atoms with Crippen LogP contribution in [0.2, 0.25) is 0 Å². The molecule has 4 rings (SSSR count). The van der Waals surface area contributed by atoms with E-state index in [2.05, 4.69) is 47.2 Å². The lowest BCUT2D eigenvalue weighted by molar-refractivity contribution is 0.480. The van der Waals surface area contributed by atoms with Gasteiger partial charge in [-0.15, -0.1) is 0 Å². The van der Waals surface area contributed by atoms with Crippen molar-refractivity contribution in [2.45, 2.75) is 31.6 Å². The first kappa shape index (κ1) is 19.6. The van der Waals surface area contributed by atoms with Crippen LogP contribution >= 0.6 is 0 Å². The summed E-state index contributed by atoms with van der Waals surface area (Å²) in [6.45, 7) is 2.20. The Morgan fingerprint density at radius 3 is 2.63 bits per heavy atom. The van der Waals surface area contributed by atoms with Gasteiger partial charge in [0.1, 0.15) is 6.07 Å². The Bertz CT molecular complexity index is 1200. The first-order chi connectivity index (χ1) is 14.6. The molecule has 148 valence electrons. The Labute approximate surface area is 176 Å². The molecule has 1 unspecified atom stereocenters. The number of rotatable bonds is 7. The molecule has 4 heteroatoms. The molecule has 0 aliphatic heterocycles. The van der Waals surface area contributed by atoms with Crippen molar-refractivity contribution in [1.29, 1.82) is 10.7 Å². The number of fused-ring (bicyclic) bond motifs is 1. The number of benzene rings is 2. The second-order valence-electron chi connectivity index (χ2n) is 8.08. The van der Waals surface area contributed by atoms with Crippen LogP contribution in [-0.2, 0) is 18.3 Å². The molecule has 0 radical (unpaired) electrons. The number of nitrogens with one attached hydrogen (secondary N) is 2. The van der Waals surface area contributed by atoms with E-state index in [1.165, 1.54) is 0 Å². The molecule has 2 aromatic heterocycles. The molecule has 0 saturated heterocycles. The van der Waals surface area contributed by atoms with Crippen LogP contribution < -0.4 is 0 Å². The zero-order chi connectivity index (χ0) is 21.0. The topological polar surface area (TPSA) is 76.3 Å². The van der Waals surface area contributed by atoms with Crippen LogP contribution in [0.15, 0.2) is 79.1 Å². The second kappa shape index (κ2) is 8.34. The maximum atomic E-state index is 9.45. The van der Waals surface area contributed by atoms with Crippen molar-refractivity contribution in [1.82, 2.24) is 9.97 Å². The lowest BCUT2D eigenvalue weighted by atomic mass is 9.73. The Morgan fingerprint density at radius 2 is 1.90 bits per heavy atom. The number of nitriles is 1. The molecule has 0 aliphatic rings. The lowest BCUT2D eigenvalue weighted by Crippen LogP contribution is -2.29. The highest BCUT2D eigenvalue weighted by Crippen LogP contribution is 2.34. The van der Waals surface area contributed by atoms with Crippen molar-refractivity contribution in [3.05, 3.63) is 102 Å². The van der Waals surface area contributed by atoms with E-state index in [0.29, 0.717) is 24.1 Å². The molecule has 0 fully saturated rings. The van der Waals surface area contributed by atoms with E-state index in [1.54, 1.807) is 6.20 Å². The van der Waals surface area contributed by atoms with Crippen LogP contribution in [0.25, 0.3) is 10.9 Å². The minimum Gasteiger partial charge on any atom is -0.360 e. The third-order valence-electron chi connectivity index (χ3n) is 5.66. The molecule has 0 spiro atoms. The molecule has 2 aromatic carbocycles. The summed E-state index contributed by atoms with van der Waals surface area (Å²) in [5, 5.41) is 19.1. The molecule has 1 atom stereocenters. The first-order valence-corrected chi connectivity index (χ1v) is 10.1. The summed E-state index contributed by atoms with van der Waals surface area (Å²) >= 11 is 0. The summed E-state index contributed by atoms with van der Waals surface area (Å²) in [7, 11) is 0. The number of nitrogens with zero attached hydrogens (tertiary/aromatic N) is 2. The number of aromatic nitrogens is 2. The van der Waals surface area contributed by atoms with Crippen molar-refractivity contribution in [2.24, 2.45) is 0 Å². The molecule has 0 amide bonds. The van der Waals surface area contributed by atoms with Gasteiger partial charge in [0.05, 0.1) is 5.56 Å². The molecule has 0 aliphatic carbocycles. The highest BCUT2D eigenvalue weighted by Gasteiger charge is 2.30. The number of pyridine rings is 1. The standard InChI is InChI=1S/C26H24N4/c1-26(16-23-9-5-6-12-29-23,15-22(28)13-19-7-3-2-4-8-19)21-10-11-25-24(14-21)20(17-27)18-30-25/h2-12,14,18,28,30H,13,15-16H2,1H3. The van der Waals surface area contributed by atoms with Gasteiger partial charge in [0.15, 0.2) is 0 Å². The van der Waals surface area contributed by atoms with Crippen LogP contribution in [0.5, 0.6) is 0 Å². The third-order valence-corrected chi connectivity index (χ3v) is 5.66. The Hall–Kier alpha value is -3.71. The van der Waals surface area contributed by atoms with E-state index in [1.807, 2.05) is 48.7 Å². The fourth-order valence-corrected chi connectivity index (χ4v) is 4.13. The highest BCUT2D eigenvalue weighted by atomic mass is 14.7. The van der Waals surface area contributed by atoms with E-state index in [-0.39, 0.29) is 5.41 Å². The zero-order valence-electron chi connectivity index (χ0n) is 17.0. The monoisotopic (exact) mass is 392 g/mol. The average molecular weight is 393 g/mol. The van der Waals surface area contributed by atoms with Gasteiger partial charge < -0.3 is 10.4 Å². The van der Waals surface area contributed by atoms with E-state index in [9.17, 15) is 5.26 Å². The average Bonchev–Trinajstić information content (AvgIpc) is 3.17. The molecule has 0 saturated carbocycles. The molecule has 30 heavy (non-hydrogen) atoms. The number of H-pyrrole nitrogens is 1. The van der Waals surface area contributed by atoms with Crippen LogP contribution in [0.1, 0.15) is 35.7 Å². The van der Waals surface area contributed by atoms with Crippen molar-refractivity contribution in [3.8, 4) is 6.07 Å². The number of hydrogen-bond acceptors (Lipinski definition) is 3. The zero-order valence-corrected chi connectivity index (χ0v) is 17.0. The summed E-state index contributed by atoms with van der Waals surface area (Å²) < 4.78 is 0. The molecular weight excluding hydrogens is 368 g/mol. The van der Waals surface area contributed by atoms with E-state index in [0.717, 1.165) is 34.1 Å². The minimum absolute atomic E-state index is 0.307. The number of aromatic amines is 1. The normalized spacial score (nSPS) is 12.9. The largest absolute Gasteiger partial charge is 0.360 e. The van der Waals surface area contributed by atoms with Crippen LogP contribution in [-0.4, -0.2) is 15.7 Å². The van der Waals surface area contributed by atoms with E-state index in [4.69, 9.17) is 5.41 Å². The maximum Gasteiger partial charge on any atom is 0.101 e. The van der Waals surface area contributed by atoms with Gasteiger partial charge in [0.25, 0.3) is 0 Å².